The largest absolute Gasteiger partial charge is 0.384 e. The van der Waals surface area contributed by atoms with Crippen molar-refractivity contribution in [1.29, 1.82) is 0 Å². The molecule has 0 aliphatic carbocycles. The molecule has 322 valence electrons. The zero-order chi connectivity index (χ0) is 43.2. The molecule has 2 saturated heterocycles. The van der Waals surface area contributed by atoms with Crippen molar-refractivity contribution in [2.24, 2.45) is 0 Å². The first-order valence-corrected chi connectivity index (χ1v) is 20.9. The van der Waals surface area contributed by atoms with Crippen molar-refractivity contribution in [1.82, 2.24) is 35.6 Å². The summed E-state index contributed by atoms with van der Waals surface area (Å²) >= 11 is 0. The highest BCUT2D eigenvalue weighted by Crippen LogP contribution is 2.35. The number of hydrogen-bond acceptors (Lipinski definition) is 10. The number of piperazine rings is 1. The van der Waals surface area contributed by atoms with Gasteiger partial charge < -0.3 is 36.1 Å². The Morgan fingerprint density at radius 1 is 0.869 bits per heavy atom. The number of amides is 6. The van der Waals surface area contributed by atoms with Gasteiger partial charge in [-0.25, -0.2) is 4.39 Å². The molecule has 0 radical (unpaired) electrons. The third-order valence-electron chi connectivity index (χ3n) is 11.8. The second-order valence-corrected chi connectivity index (χ2v) is 16.0. The first-order chi connectivity index (χ1) is 29.4. The van der Waals surface area contributed by atoms with Crippen molar-refractivity contribution < 1.29 is 38.0 Å². The summed E-state index contributed by atoms with van der Waals surface area (Å²) in [6.45, 7) is 9.33. The minimum atomic E-state index is -0.869. The van der Waals surface area contributed by atoms with Gasteiger partial charge in [-0.2, -0.15) is 0 Å². The fraction of sp³-hybridized carbons (Fsp3) is 0.432. The van der Waals surface area contributed by atoms with E-state index < -0.39 is 23.7 Å². The molecule has 0 saturated carbocycles. The Hall–Kier alpha value is -6.20. The minimum Gasteiger partial charge on any atom is -0.384 e. The number of nitrogens with zero attached hydrogens (tertiary/aromatic N) is 3. The molecular weight excluding hydrogens is 786 g/mol. The van der Waals surface area contributed by atoms with Gasteiger partial charge in [-0.1, -0.05) is 12.1 Å². The first kappa shape index (κ1) is 42.9. The number of imide groups is 1. The number of aromatic amines is 1. The summed E-state index contributed by atoms with van der Waals surface area (Å²) in [5, 5.41) is 14.3. The smallest absolute Gasteiger partial charge is 0.257 e. The normalized spacial score (nSPS) is 18.8. The maximum Gasteiger partial charge on any atom is 0.257 e. The number of halogens is 1. The zero-order valence-corrected chi connectivity index (χ0v) is 34.5. The van der Waals surface area contributed by atoms with Gasteiger partial charge in [0.1, 0.15) is 11.9 Å². The molecule has 1 atom stereocenters. The number of carbonyl (C=O) groups is 7. The summed E-state index contributed by atoms with van der Waals surface area (Å²) in [6, 6.07) is 8.36. The second-order valence-electron chi connectivity index (χ2n) is 16.0. The quantitative estimate of drug-likeness (QED) is 0.0708. The molecule has 0 bridgehead atoms. The number of fused-ring (bicyclic) bond motifs is 2. The Kier molecular flexibility index (Phi) is 13.4. The number of Topliss-reactive ketones (excluding diaryl/α,β-unsaturated/α-hetero) is 1. The van der Waals surface area contributed by atoms with E-state index in [1.54, 1.807) is 24.3 Å². The number of aromatic nitrogens is 1. The van der Waals surface area contributed by atoms with Crippen molar-refractivity contribution in [3.63, 3.8) is 0 Å². The van der Waals surface area contributed by atoms with Crippen LogP contribution in [0.4, 0.5) is 15.8 Å². The molecule has 16 nitrogen and oxygen atoms in total. The van der Waals surface area contributed by atoms with Gasteiger partial charge >= 0.3 is 0 Å². The molecular formula is C44H52FN9O7. The third-order valence-corrected chi connectivity index (χ3v) is 11.8. The number of anilines is 2. The highest BCUT2D eigenvalue weighted by molar-refractivity contribution is 6.35. The zero-order valence-electron chi connectivity index (χ0n) is 34.5. The summed E-state index contributed by atoms with van der Waals surface area (Å²) in [4.78, 5) is 97.9. The van der Waals surface area contributed by atoms with Crippen LogP contribution < -0.4 is 26.6 Å². The molecule has 2 fully saturated rings. The molecule has 6 amide bonds. The van der Waals surface area contributed by atoms with E-state index in [4.69, 9.17) is 0 Å². The highest BCUT2D eigenvalue weighted by atomic mass is 19.1. The molecule has 2 aromatic carbocycles. The molecule has 7 rings (SSSR count). The van der Waals surface area contributed by atoms with E-state index in [9.17, 15) is 38.0 Å². The first-order valence-electron chi connectivity index (χ1n) is 20.9. The van der Waals surface area contributed by atoms with Gasteiger partial charge in [0.15, 0.2) is 5.78 Å². The maximum absolute atomic E-state index is 13.9. The molecule has 1 aromatic heterocycles. The molecule has 5 heterocycles. The average Bonchev–Trinajstić information content (AvgIpc) is 3.69. The van der Waals surface area contributed by atoms with E-state index in [0.717, 1.165) is 58.4 Å². The van der Waals surface area contributed by atoms with E-state index in [0.29, 0.717) is 76.8 Å². The van der Waals surface area contributed by atoms with E-state index in [2.05, 4.69) is 41.4 Å². The predicted molar refractivity (Wildman–Crippen MR) is 226 cm³/mol. The van der Waals surface area contributed by atoms with Gasteiger partial charge in [0, 0.05) is 86.1 Å². The molecule has 3 aromatic rings. The van der Waals surface area contributed by atoms with Crippen molar-refractivity contribution in [2.75, 3.05) is 76.1 Å². The van der Waals surface area contributed by atoms with Crippen LogP contribution in [0.15, 0.2) is 36.4 Å². The van der Waals surface area contributed by atoms with Crippen LogP contribution in [-0.4, -0.2) is 132 Å². The van der Waals surface area contributed by atoms with Crippen LogP contribution in [0.2, 0.25) is 0 Å². The maximum atomic E-state index is 13.9. The molecule has 0 spiro atoms. The standard InChI is InChI=1S/C44H52FN9O7/c1-26-34(23-31-30-22-28(45)10-11-32(30)50-41(31)58)49-27(2)39(26)43(60)48-16-7-17-52-18-20-53(21-19-52)25-38(57)47-15-5-3-4-14-46-33-9-6-8-29-36(55)24-54(44(61)40(29)33)35-12-13-37(56)51-42(35)59/h6,8-11,22-23,35,46,49H,3-5,7,12-21,24-25H2,1-2H3,(H,47,57)(H,48,60)(H,50,58)(H,51,56,59)/b31-23-. The topological polar surface area (TPSA) is 205 Å². The summed E-state index contributed by atoms with van der Waals surface area (Å²) in [5.74, 6) is -2.60. The van der Waals surface area contributed by atoms with Crippen molar-refractivity contribution in [2.45, 2.75) is 58.4 Å². The van der Waals surface area contributed by atoms with Crippen LogP contribution in [0.1, 0.15) is 92.1 Å². The fourth-order valence-corrected chi connectivity index (χ4v) is 8.46. The number of piperidine rings is 1. The van der Waals surface area contributed by atoms with Crippen LogP contribution in [0.5, 0.6) is 0 Å². The number of rotatable bonds is 16. The van der Waals surface area contributed by atoms with Gasteiger partial charge in [0.05, 0.1) is 29.8 Å². The monoisotopic (exact) mass is 837 g/mol. The number of benzene rings is 2. The lowest BCUT2D eigenvalue weighted by Crippen LogP contribution is -2.57. The average molecular weight is 838 g/mol. The number of H-pyrrole nitrogens is 1. The summed E-state index contributed by atoms with van der Waals surface area (Å²) < 4.78 is 13.9. The van der Waals surface area contributed by atoms with Gasteiger partial charge in [-0.15, -0.1) is 0 Å². The Morgan fingerprint density at radius 3 is 2.41 bits per heavy atom. The summed E-state index contributed by atoms with van der Waals surface area (Å²) in [7, 11) is 0. The van der Waals surface area contributed by atoms with Crippen LogP contribution in [0.3, 0.4) is 0 Å². The predicted octanol–water partition coefficient (Wildman–Crippen LogP) is 2.84. The number of ketones is 1. The third kappa shape index (κ3) is 9.89. The van der Waals surface area contributed by atoms with E-state index >= 15 is 0 Å². The van der Waals surface area contributed by atoms with Gasteiger partial charge in [0.2, 0.25) is 17.7 Å². The fourth-order valence-electron chi connectivity index (χ4n) is 8.46. The SMILES string of the molecule is Cc1[nH]c(/C=C2\C(=O)Nc3ccc(F)cc32)c(C)c1C(=O)NCCCN1CCN(CC(=O)NCCCCCNc2cccc3c2C(=O)N(C2CCC(=O)NC2=O)CC3=O)CC1. The van der Waals surface area contributed by atoms with E-state index in [1.165, 1.54) is 23.1 Å². The van der Waals surface area contributed by atoms with Crippen LogP contribution in [-0.2, 0) is 19.2 Å². The molecule has 4 aliphatic heterocycles. The second kappa shape index (κ2) is 19.0. The molecule has 6 N–H and O–H groups in total. The molecule has 4 aliphatic rings. The molecule has 1 unspecified atom stereocenters. The Balaban J connectivity index is 0.759. The number of unbranched alkanes of at least 4 members (excludes halogenated alkanes) is 2. The molecule has 61 heavy (non-hydrogen) atoms. The van der Waals surface area contributed by atoms with E-state index in [-0.39, 0.29) is 54.4 Å². The Labute approximate surface area is 353 Å². The van der Waals surface area contributed by atoms with Crippen LogP contribution in [0, 0.1) is 19.7 Å². The summed E-state index contributed by atoms with van der Waals surface area (Å²) in [6.07, 6.45) is 5.10. The lowest BCUT2D eigenvalue weighted by Gasteiger charge is -2.36. The van der Waals surface area contributed by atoms with Crippen LogP contribution >= 0.6 is 0 Å². The summed E-state index contributed by atoms with van der Waals surface area (Å²) in [5.41, 5.74) is 4.98. The number of carbonyl (C=O) groups excluding carboxylic acids is 7. The van der Waals surface area contributed by atoms with Gasteiger partial charge in [0.25, 0.3) is 17.7 Å². The number of nitrogens with one attached hydrogen (secondary N) is 6. The number of aryl methyl sites for hydroxylation is 1. The highest BCUT2D eigenvalue weighted by Gasteiger charge is 2.41. The Morgan fingerprint density at radius 2 is 1.62 bits per heavy atom. The van der Waals surface area contributed by atoms with Crippen molar-refractivity contribution in [3.05, 3.63) is 81.4 Å². The number of hydrogen-bond donors (Lipinski definition) is 6. The van der Waals surface area contributed by atoms with E-state index in [1.807, 2.05) is 13.8 Å². The van der Waals surface area contributed by atoms with Crippen LogP contribution in [0.25, 0.3) is 11.6 Å². The molecule has 17 heteroatoms. The minimum absolute atomic E-state index is 0.0196. The Bertz CT molecular complexity index is 2280. The van der Waals surface area contributed by atoms with Crippen molar-refractivity contribution >= 4 is 64.3 Å². The van der Waals surface area contributed by atoms with Gasteiger partial charge in [-0.05, 0) is 88.4 Å². The van der Waals surface area contributed by atoms with Crippen molar-refractivity contribution in [3.8, 4) is 0 Å². The lowest BCUT2D eigenvalue weighted by atomic mass is 9.93. The van der Waals surface area contributed by atoms with Gasteiger partial charge in [-0.3, -0.25) is 43.8 Å². The lowest BCUT2D eigenvalue weighted by molar-refractivity contribution is -0.136.